The van der Waals surface area contributed by atoms with Crippen molar-refractivity contribution in [1.82, 2.24) is 0 Å². The zero-order valence-electron chi connectivity index (χ0n) is 9.16. The summed E-state index contributed by atoms with van der Waals surface area (Å²) in [5.74, 6) is -1.87. The molecule has 0 aliphatic carbocycles. The first kappa shape index (κ1) is 12.1. The van der Waals surface area contributed by atoms with Crippen molar-refractivity contribution < 1.29 is 28.2 Å². The average Bonchev–Trinajstić information content (AvgIpc) is 2.28. The molecule has 0 saturated heterocycles. The fourth-order valence-corrected chi connectivity index (χ4v) is 1.69. The molecule has 0 bridgehead atoms. The van der Waals surface area contributed by atoms with E-state index in [1.807, 2.05) is 0 Å². The van der Waals surface area contributed by atoms with E-state index in [0.717, 1.165) is 4.90 Å². The van der Waals surface area contributed by atoms with Crippen molar-refractivity contribution in [2.45, 2.75) is 6.61 Å². The van der Waals surface area contributed by atoms with Crippen LogP contribution in [0.4, 0.5) is 29.7 Å². The molecule has 1 aliphatic heterocycles. The second-order valence-corrected chi connectivity index (χ2v) is 3.59. The van der Waals surface area contributed by atoms with E-state index in [9.17, 15) is 18.4 Å². The summed E-state index contributed by atoms with van der Waals surface area (Å²) in [5, 5.41) is 10.2. The molecule has 1 heterocycles. The Morgan fingerprint density at radius 1 is 1.56 bits per heavy atom. The molecule has 0 radical (unpaired) electrons. The molecule has 0 saturated carbocycles. The molecule has 0 unspecified atom stereocenters. The van der Waals surface area contributed by atoms with Crippen molar-refractivity contribution in [2.24, 2.45) is 0 Å². The van der Waals surface area contributed by atoms with E-state index in [2.05, 4.69) is 4.74 Å². The summed E-state index contributed by atoms with van der Waals surface area (Å²) in [6.07, 6.45) is -2.32. The van der Waals surface area contributed by atoms with Gasteiger partial charge in [-0.1, -0.05) is 0 Å². The Hall–Kier alpha value is -2.38. The molecule has 2 amide bonds. The maximum absolute atomic E-state index is 13.9. The predicted molar refractivity (Wildman–Crippen MR) is 56.6 cm³/mol. The standard InChI is InChI=1S/C10H8F2N2O4/c1-14-8-4(3-18-10(14)17)7(12)6(2-5(8)11)13-9(15)16/h2,13H,3H2,1H3,(H,15,16). The lowest BCUT2D eigenvalue weighted by Crippen LogP contribution is -2.33. The van der Waals surface area contributed by atoms with Crippen molar-refractivity contribution in [1.29, 1.82) is 0 Å². The molecule has 0 atom stereocenters. The highest BCUT2D eigenvalue weighted by Crippen LogP contribution is 2.34. The average molecular weight is 258 g/mol. The second-order valence-electron chi connectivity index (χ2n) is 3.59. The topological polar surface area (TPSA) is 78.9 Å². The Balaban J connectivity index is 2.57. The van der Waals surface area contributed by atoms with Gasteiger partial charge < -0.3 is 9.84 Å². The van der Waals surface area contributed by atoms with Gasteiger partial charge in [0.25, 0.3) is 0 Å². The number of benzene rings is 1. The third kappa shape index (κ3) is 1.81. The van der Waals surface area contributed by atoms with Crippen LogP contribution in [0.2, 0.25) is 0 Å². The lowest BCUT2D eigenvalue weighted by Gasteiger charge is -2.26. The van der Waals surface area contributed by atoms with Crippen LogP contribution in [-0.4, -0.2) is 24.3 Å². The molecule has 18 heavy (non-hydrogen) atoms. The highest BCUT2D eigenvalue weighted by atomic mass is 19.1. The van der Waals surface area contributed by atoms with E-state index in [1.54, 1.807) is 5.32 Å². The van der Waals surface area contributed by atoms with Crippen molar-refractivity contribution in [3.05, 3.63) is 23.3 Å². The quantitative estimate of drug-likeness (QED) is 0.808. The molecule has 1 aliphatic rings. The number of fused-ring (bicyclic) bond motifs is 1. The zero-order valence-corrected chi connectivity index (χ0v) is 9.16. The van der Waals surface area contributed by atoms with Gasteiger partial charge in [0.05, 0.1) is 16.9 Å². The van der Waals surface area contributed by atoms with Gasteiger partial charge in [0, 0.05) is 13.1 Å². The fraction of sp³-hybridized carbons (Fsp3) is 0.200. The van der Waals surface area contributed by atoms with Crippen LogP contribution in [0.5, 0.6) is 0 Å². The van der Waals surface area contributed by atoms with E-state index in [1.165, 1.54) is 7.05 Å². The van der Waals surface area contributed by atoms with Gasteiger partial charge in [-0.2, -0.15) is 0 Å². The van der Waals surface area contributed by atoms with Crippen LogP contribution in [0.3, 0.4) is 0 Å². The number of carbonyl (C=O) groups excluding carboxylic acids is 1. The molecule has 6 nitrogen and oxygen atoms in total. The van der Waals surface area contributed by atoms with Crippen LogP contribution in [0.15, 0.2) is 6.07 Å². The number of hydrogen-bond donors (Lipinski definition) is 2. The van der Waals surface area contributed by atoms with Crippen molar-refractivity contribution in [3.63, 3.8) is 0 Å². The maximum atomic E-state index is 13.9. The first-order valence-electron chi connectivity index (χ1n) is 4.83. The Kier molecular flexibility index (Phi) is 2.77. The van der Waals surface area contributed by atoms with E-state index >= 15 is 0 Å². The van der Waals surface area contributed by atoms with Gasteiger partial charge in [0.2, 0.25) is 0 Å². The van der Waals surface area contributed by atoms with Crippen LogP contribution in [-0.2, 0) is 11.3 Å². The van der Waals surface area contributed by atoms with Crippen molar-refractivity contribution in [3.8, 4) is 0 Å². The van der Waals surface area contributed by atoms with Crippen LogP contribution in [0, 0.1) is 11.6 Å². The monoisotopic (exact) mass is 258 g/mol. The number of amides is 2. The Morgan fingerprint density at radius 2 is 2.22 bits per heavy atom. The number of ether oxygens (including phenoxy) is 1. The molecular formula is C10H8F2N2O4. The number of carbonyl (C=O) groups is 2. The van der Waals surface area contributed by atoms with E-state index in [0.29, 0.717) is 6.07 Å². The van der Waals surface area contributed by atoms with Gasteiger partial charge in [-0.15, -0.1) is 0 Å². The Bertz CT molecular complexity index is 547. The smallest absolute Gasteiger partial charge is 0.414 e. The molecule has 1 aromatic carbocycles. The minimum atomic E-state index is -1.52. The zero-order chi connectivity index (χ0) is 13.4. The highest BCUT2D eigenvalue weighted by Gasteiger charge is 2.30. The SMILES string of the molecule is CN1C(=O)OCc2c(F)c(NC(=O)O)cc(F)c21. The summed E-state index contributed by atoms with van der Waals surface area (Å²) in [5.41, 5.74) is -0.981. The number of nitrogens with zero attached hydrogens (tertiary/aromatic N) is 1. The first-order chi connectivity index (χ1) is 8.41. The van der Waals surface area contributed by atoms with Gasteiger partial charge in [0.15, 0.2) is 5.82 Å². The molecule has 0 fully saturated rings. The number of carboxylic acid groups (broad SMARTS) is 1. The molecule has 8 heteroatoms. The number of anilines is 2. The summed E-state index contributed by atoms with van der Waals surface area (Å²) in [6, 6.07) is 0.678. The summed E-state index contributed by atoms with van der Waals surface area (Å²) in [6.45, 7) is -0.448. The van der Waals surface area contributed by atoms with Crippen molar-refractivity contribution >= 4 is 23.6 Å². The summed E-state index contributed by atoms with van der Waals surface area (Å²) >= 11 is 0. The van der Waals surface area contributed by atoms with Gasteiger partial charge in [-0.25, -0.2) is 18.4 Å². The normalized spacial score (nSPS) is 13.9. The number of rotatable bonds is 1. The molecule has 1 aromatic rings. The maximum Gasteiger partial charge on any atom is 0.414 e. The van der Waals surface area contributed by atoms with Gasteiger partial charge in [-0.3, -0.25) is 10.2 Å². The molecule has 2 rings (SSSR count). The molecule has 0 aromatic heterocycles. The largest absolute Gasteiger partial charge is 0.465 e. The Labute approximate surface area is 99.8 Å². The third-order valence-corrected chi connectivity index (χ3v) is 2.48. The molecular weight excluding hydrogens is 250 g/mol. The minimum Gasteiger partial charge on any atom is -0.465 e. The summed E-state index contributed by atoms with van der Waals surface area (Å²) in [4.78, 5) is 22.4. The summed E-state index contributed by atoms with van der Waals surface area (Å²) in [7, 11) is 1.23. The van der Waals surface area contributed by atoms with E-state index < -0.39 is 36.1 Å². The van der Waals surface area contributed by atoms with E-state index in [-0.39, 0.29) is 11.3 Å². The molecule has 96 valence electrons. The minimum absolute atomic E-state index is 0.208. The first-order valence-corrected chi connectivity index (χ1v) is 4.83. The number of cyclic esters (lactones) is 1. The van der Waals surface area contributed by atoms with Crippen LogP contribution < -0.4 is 10.2 Å². The summed E-state index contributed by atoms with van der Waals surface area (Å²) < 4.78 is 32.2. The lowest BCUT2D eigenvalue weighted by atomic mass is 10.1. The predicted octanol–water partition coefficient (Wildman–Crippen LogP) is 2.14. The fourth-order valence-electron chi connectivity index (χ4n) is 1.69. The number of halogens is 2. The third-order valence-electron chi connectivity index (χ3n) is 2.48. The van der Waals surface area contributed by atoms with Gasteiger partial charge >= 0.3 is 12.2 Å². The van der Waals surface area contributed by atoms with Crippen LogP contribution in [0.1, 0.15) is 5.56 Å². The highest BCUT2D eigenvalue weighted by molar-refractivity contribution is 5.91. The van der Waals surface area contributed by atoms with Crippen molar-refractivity contribution in [2.75, 3.05) is 17.3 Å². The lowest BCUT2D eigenvalue weighted by molar-refractivity contribution is 0.141. The number of hydrogen-bond acceptors (Lipinski definition) is 3. The van der Waals surface area contributed by atoms with Crippen LogP contribution in [0.25, 0.3) is 0 Å². The molecule has 2 N–H and O–H groups in total. The number of nitrogens with one attached hydrogen (secondary N) is 1. The van der Waals surface area contributed by atoms with Crippen LogP contribution >= 0.6 is 0 Å². The van der Waals surface area contributed by atoms with E-state index in [4.69, 9.17) is 5.11 Å². The Morgan fingerprint density at radius 3 is 2.83 bits per heavy atom. The van der Waals surface area contributed by atoms with Gasteiger partial charge in [-0.05, 0) is 0 Å². The van der Waals surface area contributed by atoms with Gasteiger partial charge in [0.1, 0.15) is 12.4 Å². The second kappa shape index (κ2) is 4.13. The molecule has 0 spiro atoms.